The highest BCUT2D eigenvalue weighted by Gasteiger charge is 2.17. The third kappa shape index (κ3) is 3.57. The Labute approximate surface area is 172 Å². The van der Waals surface area contributed by atoms with Crippen LogP contribution in [-0.2, 0) is 9.84 Å². The Hall–Kier alpha value is -3.53. The van der Waals surface area contributed by atoms with E-state index in [1.807, 2.05) is 0 Å². The number of fused-ring (bicyclic) bond motifs is 1. The van der Waals surface area contributed by atoms with Gasteiger partial charge in [-0.2, -0.15) is 10.1 Å². The smallest absolute Gasteiger partial charge is 0.229 e. The van der Waals surface area contributed by atoms with Crippen LogP contribution in [0.3, 0.4) is 0 Å². The minimum atomic E-state index is -3.36. The first-order valence-electron chi connectivity index (χ1n) is 9.03. The second-order valence-corrected chi connectivity index (χ2v) is 8.78. The highest BCUT2D eigenvalue weighted by Crippen LogP contribution is 2.32. The van der Waals surface area contributed by atoms with E-state index in [1.54, 1.807) is 44.4 Å². The van der Waals surface area contributed by atoms with Gasteiger partial charge in [-0.1, -0.05) is 6.07 Å². The third-order valence-corrected chi connectivity index (χ3v) is 5.98. The van der Waals surface area contributed by atoms with Crippen LogP contribution < -0.4 is 10.6 Å². The van der Waals surface area contributed by atoms with Crippen molar-refractivity contribution in [2.75, 3.05) is 23.9 Å². The van der Waals surface area contributed by atoms with Crippen LogP contribution in [0.4, 0.5) is 21.8 Å². The van der Waals surface area contributed by atoms with Gasteiger partial charge < -0.3 is 10.6 Å². The standard InChI is InChI=1S/C20H19FN6O2S/c1-11-15(5-4-6-17(11)30(3,28)29)24-20-23-10-14(19(22-2)25-20)18-13-9-12(21)7-8-16(13)26-27-18/h4-10H,1-3H3,(H,26,27)(H2,22,23,24,25). The number of hydrogen-bond donors (Lipinski definition) is 3. The van der Waals surface area contributed by atoms with Crippen molar-refractivity contribution in [1.29, 1.82) is 0 Å². The van der Waals surface area contributed by atoms with E-state index in [0.29, 0.717) is 39.2 Å². The fraction of sp³-hybridized carbons (Fsp3) is 0.150. The number of sulfone groups is 1. The Morgan fingerprint density at radius 1 is 1.17 bits per heavy atom. The molecule has 2 aromatic heterocycles. The monoisotopic (exact) mass is 426 g/mol. The minimum absolute atomic E-state index is 0.239. The normalized spacial score (nSPS) is 11.6. The molecule has 0 aliphatic rings. The van der Waals surface area contributed by atoms with Gasteiger partial charge in [0.25, 0.3) is 0 Å². The highest BCUT2D eigenvalue weighted by molar-refractivity contribution is 7.90. The lowest BCUT2D eigenvalue weighted by atomic mass is 10.1. The molecular formula is C20H19FN6O2S. The van der Waals surface area contributed by atoms with Crippen molar-refractivity contribution in [3.8, 4) is 11.3 Å². The lowest BCUT2D eigenvalue weighted by Gasteiger charge is -2.13. The van der Waals surface area contributed by atoms with Gasteiger partial charge >= 0.3 is 0 Å². The Bertz CT molecular complexity index is 1370. The topological polar surface area (TPSA) is 113 Å². The van der Waals surface area contributed by atoms with Crippen molar-refractivity contribution in [3.05, 3.63) is 54.0 Å². The summed E-state index contributed by atoms with van der Waals surface area (Å²) in [5.41, 5.74) is 2.98. The summed E-state index contributed by atoms with van der Waals surface area (Å²) in [6.45, 7) is 1.72. The van der Waals surface area contributed by atoms with Gasteiger partial charge in [0.05, 0.1) is 16.0 Å². The summed E-state index contributed by atoms with van der Waals surface area (Å²) in [5, 5.41) is 13.8. The molecule has 10 heteroatoms. The summed E-state index contributed by atoms with van der Waals surface area (Å²) in [6.07, 6.45) is 2.75. The van der Waals surface area contributed by atoms with E-state index in [4.69, 9.17) is 0 Å². The molecule has 0 unspecified atom stereocenters. The zero-order valence-electron chi connectivity index (χ0n) is 16.5. The molecular weight excluding hydrogens is 407 g/mol. The summed E-state index contributed by atoms with van der Waals surface area (Å²) < 4.78 is 37.6. The molecule has 4 rings (SSSR count). The van der Waals surface area contributed by atoms with Crippen molar-refractivity contribution in [2.24, 2.45) is 0 Å². The summed E-state index contributed by atoms with van der Waals surface area (Å²) in [7, 11) is -1.65. The zero-order chi connectivity index (χ0) is 21.5. The molecule has 30 heavy (non-hydrogen) atoms. The van der Waals surface area contributed by atoms with Gasteiger partial charge in [0, 0.05) is 30.6 Å². The molecule has 0 aliphatic heterocycles. The first kappa shape index (κ1) is 19.8. The molecule has 4 aromatic rings. The van der Waals surface area contributed by atoms with Crippen molar-refractivity contribution < 1.29 is 12.8 Å². The number of nitrogens with zero attached hydrogens (tertiary/aromatic N) is 3. The van der Waals surface area contributed by atoms with Crippen molar-refractivity contribution in [1.82, 2.24) is 20.2 Å². The molecule has 8 nitrogen and oxygen atoms in total. The fourth-order valence-electron chi connectivity index (χ4n) is 3.27. The van der Waals surface area contributed by atoms with Gasteiger partial charge in [-0.3, -0.25) is 5.10 Å². The van der Waals surface area contributed by atoms with Crippen LogP contribution in [0.5, 0.6) is 0 Å². The molecule has 3 N–H and O–H groups in total. The lowest BCUT2D eigenvalue weighted by molar-refractivity contribution is 0.601. The van der Waals surface area contributed by atoms with E-state index in [9.17, 15) is 12.8 Å². The van der Waals surface area contributed by atoms with Crippen LogP contribution in [0.15, 0.2) is 47.5 Å². The summed E-state index contributed by atoms with van der Waals surface area (Å²) in [6, 6.07) is 9.35. The largest absolute Gasteiger partial charge is 0.372 e. The number of H-pyrrole nitrogens is 1. The number of anilines is 3. The van der Waals surface area contributed by atoms with Crippen LogP contribution in [0.25, 0.3) is 22.2 Å². The van der Waals surface area contributed by atoms with E-state index < -0.39 is 9.84 Å². The Balaban J connectivity index is 1.74. The van der Waals surface area contributed by atoms with Gasteiger partial charge in [-0.05, 0) is 42.8 Å². The molecule has 2 aromatic carbocycles. The molecule has 0 bridgehead atoms. The minimum Gasteiger partial charge on any atom is -0.372 e. The van der Waals surface area contributed by atoms with E-state index in [0.717, 1.165) is 0 Å². The summed E-state index contributed by atoms with van der Waals surface area (Å²) in [5.74, 6) is 0.404. The summed E-state index contributed by atoms with van der Waals surface area (Å²) in [4.78, 5) is 9.05. The molecule has 0 aliphatic carbocycles. The van der Waals surface area contributed by atoms with Crippen molar-refractivity contribution in [3.63, 3.8) is 0 Å². The summed E-state index contributed by atoms with van der Waals surface area (Å²) >= 11 is 0. The van der Waals surface area contributed by atoms with Gasteiger partial charge in [0.15, 0.2) is 9.84 Å². The Kier molecular flexibility index (Phi) is 4.86. The van der Waals surface area contributed by atoms with E-state index >= 15 is 0 Å². The maximum absolute atomic E-state index is 13.7. The lowest BCUT2D eigenvalue weighted by Crippen LogP contribution is -2.06. The zero-order valence-corrected chi connectivity index (χ0v) is 17.3. The number of aromatic amines is 1. The van der Waals surface area contributed by atoms with Gasteiger partial charge in [0.2, 0.25) is 5.95 Å². The predicted molar refractivity (Wildman–Crippen MR) is 114 cm³/mol. The number of halogens is 1. The van der Waals surface area contributed by atoms with Crippen LogP contribution in [0, 0.1) is 12.7 Å². The number of benzene rings is 2. The molecule has 0 radical (unpaired) electrons. The SMILES string of the molecule is CNc1nc(Nc2cccc(S(C)(=O)=O)c2C)ncc1-c1n[nH]c2ccc(F)cc12. The molecule has 0 spiro atoms. The van der Waals surface area contributed by atoms with E-state index in [1.165, 1.54) is 18.4 Å². The fourth-order valence-corrected chi connectivity index (χ4v) is 4.26. The van der Waals surface area contributed by atoms with E-state index in [2.05, 4.69) is 30.8 Å². The quantitative estimate of drug-likeness (QED) is 0.446. The molecule has 0 atom stereocenters. The second kappa shape index (κ2) is 7.38. The van der Waals surface area contributed by atoms with Gasteiger partial charge in [-0.25, -0.2) is 17.8 Å². The Morgan fingerprint density at radius 2 is 1.97 bits per heavy atom. The highest BCUT2D eigenvalue weighted by atomic mass is 32.2. The molecule has 0 fully saturated rings. The number of hydrogen-bond acceptors (Lipinski definition) is 7. The second-order valence-electron chi connectivity index (χ2n) is 6.79. The molecule has 2 heterocycles. The number of aromatic nitrogens is 4. The first-order valence-corrected chi connectivity index (χ1v) is 10.9. The average molecular weight is 426 g/mol. The van der Waals surface area contributed by atoms with Crippen LogP contribution in [-0.4, -0.2) is 41.9 Å². The maximum Gasteiger partial charge on any atom is 0.229 e. The third-order valence-electron chi connectivity index (χ3n) is 4.74. The maximum atomic E-state index is 13.7. The van der Waals surface area contributed by atoms with Crippen molar-refractivity contribution >= 4 is 38.2 Å². The Morgan fingerprint density at radius 3 is 2.70 bits per heavy atom. The van der Waals surface area contributed by atoms with Crippen LogP contribution in [0.2, 0.25) is 0 Å². The molecule has 0 amide bonds. The number of rotatable bonds is 5. The van der Waals surface area contributed by atoms with Crippen LogP contribution in [0.1, 0.15) is 5.56 Å². The molecule has 0 saturated carbocycles. The van der Waals surface area contributed by atoms with E-state index in [-0.39, 0.29) is 16.7 Å². The number of nitrogens with one attached hydrogen (secondary N) is 3. The van der Waals surface area contributed by atoms with Crippen molar-refractivity contribution in [2.45, 2.75) is 11.8 Å². The molecule has 154 valence electrons. The van der Waals surface area contributed by atoms with Crippen LogP contribution >= 0.6 is 0 Å². The predicted octanol–water partition coefficient (Wildman–Crippen LogP) is 3.66. The average Bonchev–Trinajstić information content (AvgIpc) is 3.11. The van der Waals surface area contributed by atoms with Gasteiger partial charge in [-0.15, -0.1) is 0 Å². The molecule has 0 saturated heterocycles. The first-order chi connectivity index (χ1) is 14.3. The van der Waals surface area contributed by atoms with Gasteiger partial charge in [0.1, 0.15) is 17.3 Å².